The fourth-order valence-electron chi connectivity index (χ4n) is 2.65. The Balaban J connectivity index is 2.50. The second-order valence-electron chi connectivity index (χ2n) is 5.48. The summed E-state index contributed by atoms with van der Waals surface area (Å²) in [7, 11) is 0. The van der Waals surface area contributed by atoms with Crippen molar-refractivity contribution >= 4 is 11.7 Å². The zero-order chi connectivity index (χ0) is 15.8. The second-order valence-corrected chi connectivity index (χ2v) is 5.48. The van der Waals surface area contributed by atoms with E-state index in [0.717, 1.165) is 25.0 Å². The van der Waals surface area contributed by atoms with E-state index in [4.69, 9.17) is 5.73 Å². The highest BCUT2D eigenvalue weighted by Gasteiger charge is 2.35. The van der Waals surface area contributed by atoms with E-state index < -0.39 is 17.8 Å². The number of piperidine rings is 1. The Morgan fingerprint density at radius 3 is 2.62 bits per heavy atom. The Kier molecular flexibility index (Phi) is 4.11. The van der Waals surface area contributed by atoms with E-state index >= 15 is 0 Å². The van der Waals surface area contributed by atoms with E-state index in [1.807, 2.05) is 13.8 Å². The average molecular weight is 301 g/mol. The monoisotopic (exact) mass is 301 g/mol. The first-order chi connectivity index (χ1) is 9.71. The second kappa shape index (κ2) is 5.54. The lowest BCUT2D eigenvalue weighted by molar-refractivity contribution is -0.141. The zero-order valence-corrected chi connectivity index (χ0v) is 11.9. The van der Waals surface area contributed by atoms with E-state index in [-0.39, 0.29) is 17.4 Å². The summed E-state index contributed by atoms with van der Waals surface area (Å²) in [6, 6.07) is 1.91. The summed E-state index contributed by atoms with van der Waals surface area (Å²) < 4.78 is 38.5. The number of rotatable bonds is 2. The first-order valence-corrected chi connectivity index (χ1v) is 6.86. The molecule has 4 nitrogen and oxygen atoms in total. The molecule has 1 aliphatic heterocycles. The molecule has 7 heteroatoms. The largest absolute Gasteiger partial charge is 0.433 e. The number of hydrogen-bond acceptors (Lipinski definition) is 3. The van der Waals surface area contributed by atoms with Gasteiger partial charge in [0.05, 0.1) is 5.56 Å². The van der Waals surface area contributed by atoms with Crippen molar-refractivity contribution < 1.29 is 18.0 Å². The van der Waals surface area contributed by atoms with E-state index in [9.17, 15) is 18.0 Å². The van der Waals surface area contributed by atoms with Crippen LogP contribution in [0, 0.1) is 5.92 Å². The number of primary amides is 1. The average Bonchev–Trinajstić information content (AvgIpc) is 2.40. The highest BCUT2D eigenvalue weighted by atomic mass is 19.4. The van der Waals surface area contributed by atoms with Crippen LogP contribution in [0.5, 0.6) is 0 Å². The van der Waals surface area contributed by atoms with E-state index in [1.165, 1.54) is 0 Å². The van der Waals surface area contributed by atoms with Gasteiger partial charge >= 0.3 is 6.18 Å². The van der Waals surface area contributed by atoms with Gasteiger partial charge in [-0.3, -0.25) is 4.79 Å². The summed E-state index contributed by atoms with van der Waals surface area (Å²) in [6.07, 6.45) is -2.69. The fraction of sp³-hybridized carbons (Fsp3) is 0.571. The number of aromatic nitrogens is 1. The summed E-state index contributed by atoms with van der Waals surface area (Å²) in [6.45, 7) is 4.53. The third-order valence-corrected chi connectivity index (χ3v) is 4.08. The van der Waals surface area contributed by atoms with Gasteiger partial charge in [-0.15, -0.1) is 0 Å². The minimum Gasteiger partial charge on any atom is -0.365 e. The molecule has 2 rings (SSSR count). The summed E-state index contributed by atoms with van der Waals surface area (Å²) in [5.74, 6) is -0.413. The lowest BCUT2D eigenvalue weighted by atomic mass is 9.91. The molecule has 1 saturated heterocycles. The molecule has 0 spiro atoms. The Bertz CT molecular complexity index is 545. The highest BCUT2D eigenvalue weighted by molar-refractivity contribution is 5.97. The van der Waals surface area contributed by atoms with E-state index in [0.29, 0.717) is 12.5 Å². The van der Waals surface area contributed by atoms with Gasteiger partial charge in [0.15, 0.2) is 0 Å². The van der Waals surface area contributed by atoms with Crippen LogP contribution < -0.4 is 10.6 Å². The SMILES string of the molecule is CC1CCCN(c2nc(C(F)(F)F)ccc2C(N)=O)C1C. The molecular formula is C14H18F3N3O. The van der Waals surface area contributed by atoms with Crippen LogP contribution in [0.3, 0.4) is 0 Å². The third kappa shape index (κ3) is 3.11. The molecule has 0 bridgehead atoms. The number of nitrogens with two attached hydrogens (primary N) is 1. The van der Waals surface area contributed by atoms with Crippen LogP contribution in [-0.2, 0) is 6.18 Å². The first kappa shape index (κ1) is 15.6. The van der Waals surface area contributed by atoms with Crippen molar-refractivity contribution in [3.8, 4) is 0 Å². The fourth-order valence-corrected chi connectivity index (χ4v) is 2.65. The van der Waals surface area contributed by atoms with Crippen molar-refractivity contribution in [1.29, 1.82) is 0 Å². The van der Waals surface area contributed by atoms with Gasteiger partial charge in [0, 0.05) is 12.6 Å². The number of halogens is 3. The zero-order valence-electron chi connectivity index (χ0n) is 11.9. The molecule has 0 radical (unpaired) electrons. The predicted molar refractivity (Wildman–Crippen MR) is 73.0 cm³/mol. The van der Waals surface area contributed by atoms with Crippen LogP contribution in [0.2, 0.25) is 0 Å². The number of anilines is 1. The van der Waals surface area contributed by atoms with Crippen molar-refractivity contribution in [2.45, 2.75) is 38.9 Å². The van der Waals surface area contributed by atoms with Gasteiger partial charge in [0.25, 0.3) is 5.91 Å². The number of amides is 1. The number of alkyl halides is 3. The van der Waals surface area contributed by atoms with Crippen LogP contribution in [0.15, 0.2) is 12.1 Å². The lowest BCUT2D eigenvalue weighted by Crippen LogP contribution is -2.44. The van der Waals surface area contributed by atoms with Gasteiger partial charge in [0.1, 0.15) is 11.5 Å². The summed E-state index contributed by atoms with van der Waals surface area (Å²) >= 11 is 0. The van der Waals surface area contributed by atoms with E-state index in [2.05, 4.69) is 4.98 Å². The smallest absolute Gasteiger partial charge is 0.365 e. The molecule has 2 atom stereocenters. The summed E-state index contributed by atoms with van der Waals surface area (Å²) in [5.41, 5.74) is 4.30. The molecule has 1 fully saturated rings. The van der Waals surface area contributed by atoms with Gasteiger partial charge in [-0.25, -0.2) is 4.98 Å². The molecule has 21 heavy (non-hydrogen) atoms. The molecule has 1 aromatic rings. The molecule has 2 N–H and O–H groups in total. The number of carbonyl (C=O) groups excluding carboxylic acids is 1. The normalized spacial score (nSPS) is 23.2. The van der Waals surface area contributed by atoms with Crippen LogP contribution in [0.4, 0.5) is 19.0 Å². The Hall–Kier alpha value is -1.79. The molecule has 1 aromatic heterocycles. The molecule has 2 heterocycles. The van der Waals surface area contributed by atoms with Crippen LogP contribution >= 0.6 is 0 Å². The molecule has 0 aromatic carbocycles. The topological polar surface area (TPSA) is 59.2 Å². The van der Waals surface area contributed by atoms with Crippen molar-refractivity contribution in [2.24, 2.45) is 11.7 Å². The lowest BCUT2D eigenvalue weighted by Gasteiger charge is -2.39. The van der Waals surface area contributed by atoms with Crippen LogP contribution in [0.25, 0.3) is 0 Å². The molecule has 1 amide bonds. The van der Waals surface area contributed by atoms with Crippen LogP contribution in [-0.4, -0.2) is 23.5 Å². The van der Waals surface area contributed by atoms with Crippen molar-refractivity contribution in [3.63, 3.8) is 0 Å². The van der Waals surface area contributed by atoms with Crippen LogP contribution in [0.1, 0.15) is 42.7 Å². The number of pyridine rings is 1. The van der Waals surface area contributed by atoms with Gasteiger partial charge < -0.3 is 10.6 Å². The van der Waals surface area contributed by atoms with Crippen molar-refractivity contribution in [3.05, 3.63) is 23.4 Å². The maximum absolute atomic E-state index is 12.8. The van der Waals surface area contributed by atoms with Gasteiger partial charge in [0.2, 0.25) is 0 Å². The molecular weight excluding hydrogens is 283 g/mol. The molecule has 116 valence electrons. The molecule has 2 unspecified atom stereocenters. The quantitative estimate of drug-likeness (QED) is 0.913. The maximum atomic E-state index is 12.8. The standard InChI is InChI=1S/C14H18F3N3O/c1-8-4-3-7-20(9(8)2)13-10(12(18)21)5-6-11(19-13)14(15,16)17/h5-6,8-9H,3-4,7H2,1-2H3,(H2,18,21). The summed E-state index contributed by atoms with van der Waals surface area (Å²) in [4.78, 5) is 16.9. The number of carbonyl (C=O) groups is 1. The Labute approximate surface area is 121 Å². The highest BCUT2D eigenvalue weighted by Crippen LogP contribution is 2.33. The predicted octanol–water partition coefficient (Wildman–Crippen LogP) is 2.82. The maximum Gasteiger partial charge on any atom is 0.433 e. The molecule has 0 saturated carbocycles. The first-order valence-electron chi connectivity index (χ1n) is 6.86. The van der Waals surface area contributed by atoms with Crippen molar-refractivity contribution in [1.82, 2.24) is 4.98 Å². The molecule has 1 aliphatic rings. The Morgan fingerprint density at radius 1 is 1.38 bits per heavy atom. The van der Waals surface area contributed by atoms with Gasteiger partial charge in [-0.05, 0) is 37.8 Å². The number of nitrogens with zero attached hydrogens (tertiary/aromatic N) is 2. The molecule has 0 aliphatic carbocycles. The minimum absolute atomic E-state index is 0.00725. The minimum atomic E-state index is -4.55. The third-order valence-electron chi connectivity index (χ3n) is 4.08. The van der Waals surface area contributed by atoms with Crippen molar-refractivity contribution in [2.75, 3.05) is 11.4 Å². The van der Waals surface area contributed by atoms with E-state index in [1.54, 1.807) is 4.90 Å². The van der Waals surface area contributed by atoms with Gasteiger partial charge in [-0.1, -0.05) is 6.92 Å². The number of hydrogen-bond donors (Lipinski definition) is 1. The summed E-state index contributed by atoms with van der Waals surface area (Å²) in [5, 5.41) is 0. The Morgan fingerprint density at radius 2 is 2.05 bits per heavy atom. The van der Waals surface area contributed by atoms with Gasteiger partial charge in [-0.2, -0.15) is 13.2 Å².